The van der Waals surface area contributed by atoms with Gasteiger partial charge in [0.25, 0.3) is 0 Å². The molecule has 0 atom stereocenters. The molecule has 2 aromatic carbocycles. The molecule has 0 aliphatic rings. The molecule has 112 valence electrons. The first-order chi connectivity index (χ1) is 9.75. The Labute approximate surface area is 120 Å². The van der Waals surface area contributed by atoms with Crippen LogP contribution < -0.4 is 4.74 Å². The largest absolute Gasteiger partial charge is 0.508 e. The van der Waals surface area contributed by atoms with E-state index in [1.54, 1.807) is 0 Å². The number of hydrogen-bond acceptors (Lipinski definition) is 2. The van der Waals surface area contributed by atoms with E-state index in [-0.39, 0.29) is 12.4 Å². The maximum absolute atomic E-state index is 12.7. The Morgan fingerprint density at radius 1 is 1.05 bits per heavy atom. The highest BCUT2D eigenvalue weighted by atomic mass is 19.4. The molecule has 0 unspecified atom stereocenters. The van der Waals surface area contributed by atoms with Gasteiger partial charge in [-0.2, -0.15) is 13.2 Å². The van der Waals surface area contributed by atoms with Crippen molar-refractivity contribution in [1.29, 1.82) is 0 Å². The quantitative estimate of drug-likeness (QED) is 0.896. The van der Waals surface area contributed by atoms with E-state index in [1.807, 2.05) is 32.0 Å². The van der Waals surface area contributed by atoms with Gasteiger partial charge in [0.15, 0.2) is 0 Å². The van der Waals surface area contributed by atoms with Crippen molar-refractivity contribution >= 4 is 0 Å². The summed E-state index contributed by atoms with van der Waals surface area (Å²) in [4.78, 5) is 0. The first kappa shape index (κ1) is 15.2. The lowest BCUT2D eigenvalue weighted by molar-refractivity contribution is -0.137. The van der Waals surface area contributed by atoms with E-state index in [0.717, 1.165) is 22.8 Å². The van der Waals surface area contributed by atoms with Gasteiger partial charge in [0, 0.05) is 6.07 Å². The van der Waals surface area contributed by atoms with E-state index in [1.165, 1.54) is 6.07 Å². The summed E-state index contributed by atoms with van der Waals surface area (Å²) in [6, 6.07) is 8.47. The molecule has 2 nitrogen and oxygen atoms in total. The second-order valence-corrected chi connectivity index (χ2v) is 4.93. The van der Waals surface area contributed by atoms with Crippen LogP contribution in [0.1, 0.15) is 22.3 Å². The Morgan fingerprint density at radius 2 is 1.76 bits per heavy atom. The van der Waals surface area contributed by atoms with Crippen LogP contribution >= 0.6 is 0 Å². The average molecular weight is 296 g/mol. The van der Waals surface area contributed by atoms with Gasteiger partial charge in [-0.3, -0.25) is 0 Å². The van der Waals surface area contributed by atoms with Crippen LogP contribution in [0.2, 0.25) is 0 Å². The molecule has 5 heteroatoms. The summed E-state index contributed by atoms with van der Waals surface area (Å²) < 4.78 is 43.3. The fourth-order valence-electron chi connectivity index (χ4n) is 2.00. The molecule has 0 radical (unpaired) electrons. The minimum atomic E-state index is -4.52. The molecule has 0 aromatic heterocycles. The predicted molar refractivity (Wildman–Crippen MR) is 73.4 cm³/mol. The number of ether oxygens (including phenoxy) is 1. The number of aryl methyl sites for hydroxylation is 2. The van der Waals surface area contributed by atoms with Crippen molar-refractivity contribution in [3.05, 3.63) is 58.7 Å². The van der Waals surface area contributed by atoms with Crippen molar-refractivity contribution in [2.75, 3.05) is 0 Å². The summed E-state index contributed by atoms with van der Waals surface area (Å²) in [5.41, 5.74) is 2.06. The van der Waals surface area contributed by atoms with E-state index >= 15 is 0 Å². The lowest BCUT2D eigenvalue weighted by Crippen LogP contribution is -2.05. The molecule has 2 aromatic rings. The number of aromatic hydroxyl groups is 1. The van der Waals surface area contributed by atoms with E-state index in [9.17, 15) is 18.3 Å². The minimum absolute atomic E-state index is 0.0118. The molecule has 0 bridgehead atoms. The monoisotopic (exact) mass is 296 g/mol. The first-order valence-electron chi connectivity index (χ1n) is 6.36. The van der Waals surface area contributed by atoms with Crippen LogP contribution in [0.25, 0.3) is 0 Å². The van der Waals surface area contributed by atoms with Crippen molar-refractivity contribution in [1.82, 2.24) is 0 Å². The molecular formula is C16H15F3O2. The molecule has 0 spiro atoms. The number of phenols is 1. The van der Waals surface area contributed by atoms with E-state index in [0.29, 0.717) is 6.07 Å². The third-order valence-corrected chi connectivity index (χ3v) is 3.11. The molecule has 1 N–H and O–H groups in total. The Kier molecular flexibility index (Phi) is 4.11. The minimum Gasteiger partial charge on any atom is -0.508 e. The molecule has 2 rings (SSSR count). The fraction of sp³-hybridized carbons (Fsp3) is 0.250. The van der Waals surface area contributed by atoms with E-state index in [4.69, 9.17) is 4.74 Å². The summed E-state index contributed by atoms with van der Waals surface area (Å²) in [5.74, 6) is -0.484. The molecule has 21 heavy (non-hydrogen) atoms. The Hall–Kier alpha value is -2.17. The van der Waals surface area contributed by atoms with Crippen LogP contribution in [-0.4, -0.2) is 5.11 Å². The number of halogens is 3. The van der Waals surface area contributed by atoms with Gasteiger partial charge in [0.2, 0.25) is 0 Å². The van der Waals surface area contributed by atoms with Crippen LogP contribution in [0.3, 0.4) is 0 Å². The van der Waals surface area contributed by atoms with Gasteiger partial charge in [0.05, 0.1) is 5.56 Å². The SMILES string of the molecule is Cc1ccc(COc2cc(O)cc(C(F)(F)F)c2)c(C)c1. The zero-order chi connectivity index (χ0) is 15.6. The fourth-order valence-corrected chi connectivity index (χ4v) is 2.00. The Morgan fingerprint density at radius 3 is 2.38 bits per heavy atom. The molecule has 0 heterocycles. The maximum atomic E-state index is 12.7. The van der Waals surface area contributed by atoms with Gasteiger partial charge in [-0.25, -0.2) is 0 Å². The predicted octanol–water partition coefficient (Wildman–Crippen LogP) is 4.61. The van der Waals surface area contributed by atoms with Gasteiger partial charge in [0.1, 0.15) is 18.1 Å². The molecule has 0 saturated heterocycles. The van der Waals surface area contributed by atoms with Crippen LogP contribution in [0.15, 0.2) is 36.4 Å². The zero-order valence-electron chi connectivity index (χ0n) is 11.7. The van der Waals surface area contributed by atoms with Crippen molar-refractivity contribution < 1.29 is 23.0 Å². The molecular weight excluding hydrogens is 281 g/mol. The van der Waals surface area contributed by atoms with E-state index in [2.05, 4.69) is 0 Å². The highest BCUT2D eigenvalue weighted by Gasteiger charge is 2.31. The maximum Gasteiger partial charge on any atom is 0.416 e. The van der Waals surface area contributed by atoms with Crippen molar-refractivity contribution in [3.8, 4) is 11.5 Å². The van der Waals surface area contributed by atoms with Crippen LogP contribution in [0.4, 0.5) is 13.2 Å². The topological polar surface area (TPSA) is 29.5 Å². The molecule has 0 saturated carbocycles. The molecule has 0 fully saturated rings. The molecule has 0 amide bonds. The van der Waals surface area contributed by atoms with Crippen molar-refractivity contribution in [3.63, 3.8) is 0 Å². The third kappa shape index (κ3) is 3.90. The van der Waals surface area contributed by atoms with Gasteiger partial charge >= 0.3 is 6.18 Å². The highest BCUT2D eigenvalue weighted by molar-refractivity contribution is 5.39. The Bertz CT molecular complexity index is 648. The summed E-state index contributed by atoms with van der Waals surface area (Å²) in [6.07, 6.45) is -4.52. The lowest BCUT2D eigenvalue weighted by Gasteiger charge is -2.12. The second-order valence-electron chi connectivity index (χ2n) is 4.93. The first-order valence-corrected chi connectivity index (χ1v) is 6.36. The average Bonchev–Trinajstić information content (AvgIpc) is 2.36. The number of alkyl halides is 3. The number of hydrogen-bond donors (Lipinski definition) is 1. The van der Waals surface area contributed by atoms with Crippen molar-refractivity contribution in [2.24, 2.45) is 0 Å². The molecule has 0 aliphatic carbocycles. The summed E-state index contributed by atoms with van der Waals surface area (Å²) in [6.45, 7) is 4.02. The third-order valence-electron chi connectivity index (χ3n) is 3.11. The van der Waals surface area contributed by atoms with E-state index < -0.39 is 17.5 Å². The standard InChI is InChI=1S/C16H15F3O2/c1-10-3-4-12(11(2)5-10)9-21-15-7-13(16(17,18)19)6-14(20)8-15/h3-8,20H,9H2,1-2H3. The number of rotatable bonds is 3. The van der Waals surface area contributed by atoms with Gasteiger partial charge < -0.3 is 9.84 Å². The van der Waals surface area contributed by atoms with Crippen LogP contribution in [0.5, 0.6) is 11.5 Å². The summed E-state index contributed by atoms with van der Waals surface area (Å²) in [5, 5.41) is 9.37. The normalized spacial score (nSPS) is 11.5. The lowest BCUT2D eigenvalue weighted by atomic mass is 10.1. The van der Waals surface area contributed by atoms with Crippen molar-refractivity contribution in [2.45, 2.75) is 26.6 Å². The highest BCUT2D eigenvalue weighted by Crippen LogP contribution is 2.34. The molecule has 0 aliphatic heterocycles. The van der Waals surface area contributed by atoms with Crippen LogP contribution in [-0.2, 0) is 12.8 Å². The Balaban J connectivity index is 2.18. The second kappa shape index (κ2) is 5.68. The van der Waals surface area contributed by atoms with Gasteiger partial charge in [-0.05, 0) is 37.1 Å². The van der Waals surface area contributed by atoms with Gasteiger partial charge in [-0.15, -0.1) is 0 Å². The zero-order valence-corrected chi connectivity index (χ0v) is 11.7. The summed E-state index contributed by atoms with van der Waals surface area (Å²) >= 11 is 0. The number of phenolic OH excluding ortho intramolecular Hbond substituents is 1. The van der Waals surface area contributed by atoms with Gasteiger partial charge in [-0.1, -0.05) is 23.8 Å². The smallest absolute Gasteiger partial charge is 0.416 e. The summed E-state index contributed by atoms with van der Waals surface area (Å²) in [7, 11) is 0. The van der Waals surface area contributed by atoms with Crippen LogP contribution in [0, 0.1) is 13.8 Å². The number of benzene rings is 2.